The van der Waals surface area contributed by atoms with E-state index in [-0.39, 0.29) is 0 Å². The number of aryl methyl sites for hydroxylation is 2. The minimum Gasteiger partial charge on any atom is -0.380 e. The maximum atomic E-state index is 12.6. The zero-order valence-electron chi connectivity index (χ0n) is 9.94. The monoisotopic (exact) mass is 234 g/mol. The minimum atomic E-state index is -0.467. The third-order valence-electron chi connectivity index (χ3n) is 2.54. The van der Waals surface area contributed by atoms with Gasteiger partial charge in [0.2, 0.25) is 5.95 Å². The van der Waals surface area contributed by atoms with Crippen molar-refractivity contribution in [3.05, 3.63) is 41.7 Å². The lowest BCUT2D eigenvalue weighted by atomic mass is 10.2. The Kier molecular flexibility index (Phi) is 3.37. The highest BCUT2D eigenvalue weighted by Crippen LogP contribution is 2.11. The van der Waals surface area contributed by atoms with E-state index in [0.29, 0.717) is 6.54 Å². The molecule has 17 heavy (non-hydrogen) atoms. The van der Waals surface area contributed by atoms with Crippen LogP contribution < -0.4 is 5.32 Å². The number of rotatable bonds is 4. The zero-order chi connectivity index (χ0) is 12.3. The number of pyridine rings is 1. The lowest BCUT2D eigenvalue weighted by Crippen LogP contribution is -2.01. The summed E-state index contributed by atoms with van der Waals surface area (Å²) in [5.74, 6) is -0.467. The van der Waals surface area contributed by atoms with Crippen molar-refractivity contribution in [2.24, 2.45) is 7.05 Å². The fourth-order valence-corrected chi connectivity index (χ4v) is 1.71. The number of nitrogens with zero attached hydrogens (tertiary/aromatic N) is 3. The molecule has 0 amide bonds. The molecule has 2 aromatic heterocycles. The molecule has 0 unspecified atom stereocenters. The fourth-order valence-electron chi connectivity index (χ4n) is 1.71. The molecular weight excluding hydrogens is 219 g/mol. The van der Waals surface area contributed by atoms with Crippen molar-refractivity contribution in [3.8, 4) is 0 Å². The van der Waals surface area contributed by atoms with Crippen molar-refractivity contribution in [3.63, 3.8) is 0 Å². The molecule has 0 fully saturated rings. The summed E-state index contributed by atoms with van der Waals surface area (Å²) in [7, 11) is 1.90. The van der Waals surface area contributed by atoms with Gasteiger partial charge in [0, 0.05) is 25.4 Å². The van der Waals surface area contributed by atoms with Gasteiger partial charge >= 0.3 is 0 Å². The zero-order valence-corrected chi connectivity index (χ0v) is 9.94. The maximum Gasteiger partial charge on any atom is 0.212 e. The van der Waals surface area contributed by atoms with Crippen LogP contribution in [0, 0.1) is 5.95 Å². The molecular formula is C12H15FN4. The van der Waals surface area contributed by atoms with Crippen molar-refractivity contribution in [2.75, 3.05) is 5.32 Å². The van der Waals surface area contributed by atoms with E-state index in [1.165, 1.54) is 12.3 Å². The van der Waals surface area contributed by atoms with E-state index in [0.717, 1.165) is 23.4 Å². The predicted octanol–water partition coefficient (Wildman–Crippen LogP) is 2.13. The van der Waals surface area contributed by atoms with Crippen LogP contribution in [0.1, 0.15) is 18.2 Å². The molecule has 0 saturated carbocycles. The van der Waals surface area contributed by atoms with E-state index < -0.39 is 5.95 Å². The summed E-state index contributed by atoms with van der Waals surface area (Å²) in [6.45, 7) is 2.75. The Morgan fingerprint density at radius 3 is 2.88 bits per heavy atom. The van der Waals surface area contributed by atoms with Gasteiger partial charge in [0.1, 0.15) is 0 Å². The Balaban J connectivity index is 2.04. The summed E-state index contributed by atoms with van der Waals surface area (Å²) in [6.07, 6.45) is 4.37. The molecule has 2 aromatic rings. The summed E-state index contributed by atoms with van der Waals surface area (Å²) in [5.41, 5.74) is 3.03. The molecule has 2 rings (SSSR count). The highest BCUT2D eigenvalue weighted by molar-refractivity contribution is 5.41. The smallest absolute Gasteiger partial charge is 0.212 e. The van der Waals surface area contributed by atoms with Crippen LogP contribution in [0.15, 0.2) is 24.5 Å². The summed E-state index contributed by atoms with van der Waals surface area (Å²) < 4.78 is 14.4. The van der Waals surface area contributed by atoms with Gasteiger partial charge in [-0.05, 0) is 18.6 Å². The number of halogens is 1. The van der Waals surface area contributed by atoms with Crippen LogP contribution in [0.5, 0.6) is 0 Å². The Labute approximate surface area is 99.5 Å². The van der Waals surface area contributed by atoms with Crippen LogP contribution in [0.3, 0.4) is 0 Å². The quantitative estimate of drug-likeness (QED) is 0.824. The third-order valence-corrected chi connectivity index (χ3v) is 2.54. The van der Waals surface area contributed by atoms with Gasteiger partial charge in [0.25, 0.3) is 0 Å². The molecule has 0 aromatic carbocycles. The first kappa shape index (κ1) is 11.6. The van der Waals surface area contributed by atoms with Gasteiger partial charge in [0.15, 0.2) is 0 Å². The van der Waals surface area contributed by atoms with Gasteiger partial charge in [-0.3, -0.25) is 4.68 Å². The number of nitrogens with one attached hydrogen (secondary N) is 1. The van der Waals surface area contributed by atoms with Crippen LogP contribution in [0.4, 0.5) is 10.1 Å². The molecule has 0 bridgehead atoms. The Morgan fingerprint density at radius 2 is 2.24 bits per heavy atom. The lowest BCUT2D eigenvalue weighted by Gasteiger charge is -2.05. The summed E-state index contributed by atoms with van der Waals surface area (Å²) in [6, 6.07) is 3.01. The highest BCUT2D eigenvalue weighted by atomic mass is 19.1. The molecule has 0 aliphatic rings. The highest BCUT2D eigenvalue weighted by Gasteiger charge is 2.05. The first-order valence-corrected chi connectivity index (χ1v) is 5.56. The molecule has 1 N–H and O–H groups in total. The lowest BCUT2D eigenvalue weighted by molar-refractivity contribution is 0.584. The second-order valence-corrected chi connectivity index (χ2v) is 3.85. The summed E-state index contributed by atoms with van der Waals surface area (Å²) in [4.78, 5) is 3.59. The average molecular weight is 234 g/mol. The second-order valence-electron chi connectivity index (χ2n) is 3.85. The Bertz CT molecular complexity index is 490. The van der Waals surface area contributed by atoms with Gasteiger partial charge in [-0.15, -0.1) is 0 Å². The van der Waals surface area contributed by atoms with Crippen molar-refractivity contribution >= 4 is 5.69 Å². The van der Waals surface area contributed by atoms with E-state index in [1.54, 1.807) is 10.7 Å². The van der Waals surface area contributed by atoms with E-state index >= 15 is 0 Å². The minimum absolute atomic E-state index is 0.467. The summed E-state index contributed by atoms with van der Waals surface area (Å²) in [5, 5.41) is 7.55. The van der Waals surface area contributed by atoms with E-state index in [9.17, 15) is 4.39 Å². The largest absolute Gasteiger partial charge is 0.380 e. The van der Waals surface area contributed by atoms with Gasteiger partial charge in [-0.25, -0.2) is 4.98 Å². The molecule has 4 nitrogen and oxygen atoms in total. The number of aromatic nitrogens is 3. The fraction of sp³-hybridized carbons (Fsp3) is 0.333. The summed E-state index contributed by atoms with van der Waals surface area (Å²) >= 11 is 0. The maximum absolute atomic E-state index is 12.6. The van der Waals surface area contributed by atoms with Gasteiger partial charge in [0.05, 0.1) is 17.6 Å². The van der Waals surface area contributed by atoms with Crippen LogP contribution >= 0.6 is 0 Å². The van der Waals surface area contributed by atoms with Crippen molar-refractivity contribution in [2.45, 2.75) is 19.9 Å². The number of hydrogen-bond donors (Lipinski definition) is 1. The molecule has 5 heteroatoms. The van der Waals surface area contributed by atoms with Crippen LogP contribution in [-0.2, 0) is 20.0 Å². The van der Waals surface area contributed by atoms with E-state index in [4.69, 9.17) is 0 Å². The Morgan fingerprint density at radius 1 is 1.41 bits per heavy atom. The molecule has 2 heterocycles. The van der Waals surface area contributed by atoms with Crippen LogP contribution in [0.25, 0.3) is 0 Å². The van der Waals surface area contributed by atoms with E-state index in [1.807, 2.05) is 13.2 Å². The van der Waals surface area contributed by atoms with Gasteiger partial charge in [-0.1, -0.05) is 6.92 Å². The molecule has 0 aliphatic carbocycles. The first-order valence-electron chi connectivity index (χ1n) is 5.56. The number of hydrogen-bond acceptors (Lipinski definition) is 3. The van der Waals surface area contributed by atoms with Crippen LogP contribution in [0.2, 0.25) is 0 Å². The van der Waals surface area contributed by atoms with E-state index in [2.05, 4.69) is 22.3 Å². The second kappa shape index (κ2) is 4.95. The van der Waals surface area contributed by atoms with Gasteiger partial charge in [-0.2, -0.15) is 9.49 Å². The molecule has 90 valence electrons. The normalized spacial score (nSPS) is 10.5. The molecule has 0 saturated heterocycles. The molecule has 0 spiro atoms. The third kappa shape index (κ3) is 2.81. The number of anilines is 1. The van der Waals surface area contributed by atoms with Crippen molar-refractivity contribution in [1.82, 2.24) is 14.8 Å². The standard InChI is InChI=1S/C12H15FN4/c1-3-11-9(8-17(2)16-11)6-14-10-4-5-12(13)15-7-10/h4-5,7-8,14H,3,6H2,1-2H3. The average Bonchev–Trinajstić information content (AvgIpc) is 2.69. The predicted molar refractivity (Wildman–Crippen MR) is 64.1 cm³/mol. The van der Waals surface area contributed by atoms with Crippen LogP contribution in [-0.4, -0.2) is 14.8 Å². The van der Waals surface area contributed by atoms with Crippen molar-refractivity contribution < 1.29 is 4.39 Å². The SMILES string of the molecule is CCc1nn(C)cc1CNc1ccc(F)nc1. The first-order chi connectivity index (χ1) is 8.19. The topological polar surface area (TPSA) is 42.7 Å². The van der Waals surface area contributed by atoms with Crippen molar-refractivity contribution in [1.29, 1.82) is 0 Å². The molecule has 0 aliphatic heterocycles. The Hall–Kier alpha value is -1.91. The van der Waals surface area contributed by atoms with Gasteiger partial charge < -0.3 is 5.32 Å². The molecule has 0 radical (unpaired) electrons. The molecule has 0 atom stereocenters.